The number of nitrogens with one attached hydrogen (secondary N) is 1. The minimum Gasteiger partial charge on any atom is -0.493 e. The maximum Gasteiger partial charge on any atom is 0.125 e. The molecule has 0 unspecified atom stereocenters. The summed E-state index contributed by atoms with van der Waals surface area (Å²) in [5.41, 5.74) is 2.73. The van der Waals surface area contributed by atoms with E-state index < -0.39 is 0 Å². The maximum absolute atomic E-state index is 5.73. The van der Waals surface area contributed by atoms with E-state index in [0.717, 1.165) is 38.3 Å². The zero-order chi connectivity index (χ0) is 12.1. The van der Waals surface area contributed by atoms with Crippen molar-refractivity contribution in [1.29, 1.82) is 0 Å². The predicted molar refractivity (Wildman–Crippen MR) is 74.8 cm³/mol. The molecule has 0 amide bonds. The molecule has 0 radical (unpaired) electrons. The Morgan fingerprint density at radius 2 is 2.24 bits per heavy atom. The van der Waals surface area contributed by atoms with Crippen LogP contribution in [-0.4, -0.2) is 19.7 Å². The van der Waals surface area contributed by atoms with E-state index in [1.165, 1.54) is 28.4 Å². The summed E-state index contributed by atoms with van der Waals surface area (Å²) in [6.07, 6.45) is 4.63. The topological polar surface area (TPSA) is 21.3 Å². The molecular formula is C14H20BrNO. The average molecular weight is 298 g/mol. The fraction of sp³-hybridized carbons (Fsp3) is 0.571. The van der Waals surface area contributed by atoms with Gasteiger partial charge in [0.25, 0.3) is 0 Å². The quantitative estimate of drug-likeness (QED) is 0.814. The van der Waals surface area contributed by atoms with Crippen LogP contribution in [0.1, 0.15) is 30.9 Å². The van der Waals surface area contributed by atoms with Gasteiger partial charge >= 0.3 is 0 Å². The van der Waals surface area contributed by atoms with Gasteiger partial charge in [-0.1, -0.05) is 22.9 Å². The second-order valence-corrected chi connectivity index (χ2v) is 5.38. The third-order valence-electron chi connectivity index (χ3n) is 3.13. The first kappa shape index (κ1) is 12.9. The molecule has 0 saturated carbocycles. The Morgan fingerprint density at radius 1 is 1.35 bits per heavy atom. The van der Waals surface area contributed by atoms with Crippen molar-refractivity contribution in [2.45, 2.75) is 32.6 Å². The van der Waals surface area contributed by atoms with E-state index in [1.54, 1.807) is 0 Å². The number of ether oxygens (including phenoxy) is 1. The van der Waals surface area contributed by atoms with Crippen molar-refractivity contribution in [3.8, 4) is 5.75 Å². The summed E-state index contributed by atoms with van der Waals surface area (Å²) in [5.74, 6) is 1.15. The molecule has 1 aliphatic heterocycles. The van der Waals surface area contributed by atoms with E-state index in [0.29, 0.717) is 0 Å². The van der Waals surface area contributed by atoms with E-state index in [2.05, 4.69) is 40.3 Å². The molecule has 0 aromatic heterocycles. The van der Waals surface area contributed by atoms with Crippen LogP contribution in [0.3, 0.4) is 0 Å². The fourth-order valence-electron chi connectivity index (χ4n) is 2.27. The zero-order valence-electron chi connectivity index (χ0n) is 10.4. The molecule has 1 aliphatic rings. The Kier molecular flexibility index (Phi) is 4.86. The van der Waals surface area contributed by atoms with Gasteiger partial charge in [-0.3, -0.25) is 0 Å². The van der Waals surface area contributed by atoms with Crippen LogP contribution < -0.4 is 10.1 Å². The highest BCUT2D eigenvalue weighted by Gasteiger charge is 2.16. The van der Waals surface area contributed by atoms with Crippen molar-refractivity contribution in [1.82, 2.24) is 5.32 Å². The van der Waals surface area contributed by atoms with E-state index >= 15 is 0 Å². The van der Waals surface area contributed by atoms with Crippen molar-refractivity contribution in [3.05, 3.63) is 27.7 Å². The van der Waals surface area contributed by atoms with Gasteiger partial charge in [-0.05, 0) is 55.6 Å². The fourth-order valence-corrected chi connectivity index (χ4v) is 2.83. The van der Waals surface area contributed by atoms with E-state index in [4.69, 9.17) is 4.74 Å². The molecule has 1 heterocycles. The summed E-state index contributed by atoms with van der Waals surface area (Å²) in [7, 11) is 0. The Labute approximate surface area is 112 Å². The van der Waals surface area contributed by atoms with Gasteiger partial charge in [0.1, 0.15) is 5.75 Å². The van der Waals surface area contributed by atoms with Crippen molar-refractivity contribution in [2.24, 2.45) is 0 Å². The standard InChI is InChI=1S/C14H20BrNO/c1-2-16-7-4-3-5-11-9-13(15)10-12-6-8-17-14(11)12/h9-10,16H,2-8H2,1H3. The average Bonchev–Trinajstić information content (AvgIpc) is 2.76. The lowest BCUT2D eigenvalue weighted by atomic mass is 10.0. The Balaban J connectivity index is 1.92. The van der Waals surface area contributed by atoms with E-state index in [9.17, 15) is 0 Å². The molecule has 1 aromatic rings. The third kappa shape index (κ3) is 3.46. The SMILES string of the molecule is CCNCCCCc1cc(Br)cc2c1OCC2. The Morgan fingerprint density at radius 3 is 3.06 bits per heavy atom. The molecule has 2 rings (SSSR count). The lowest BCUT2D eigenvalue weighted by molar-refractivity contribution is 0.353. The molecule has 0 atom stereocenters. The van der Waals surface area contributed by atoms with Gasteiger partial charge < -0.3 is 10.1 Å². The number of hydrogen-bond acceptors (Lipinski definition) is 2. The number of benzene rings is 1. The summed E-state index contributed by atoms with van der Waals surface area (Å²) in [6.45, 7) is 5.17. The molecule has 1 N–H and O–H groups in total. The summed E-state index contributed by atoms with van der Waals surface area (Å²) in [5, 5.41) is 3.36. The largest absolute Gasteiger partial charge is 0.493 e. The number of fused-ring (bicyclic) bond motifs is 1. The molecule has 0 aliphatic carbocycles. The van der Waals surface area contributed by atoms with Crippen LogP contribution in [-0.2, 0) is 12.8 Å². The molecule has 0 spiro atoms. The summed E-state index contributed by atoms with van der Waals surface area (Å²) in [6, 6.07) is 4.39. The smallest absolute Gasteiger partial charge is 0.125 e. The molecule has 94 valence electrons. The van der Waals surface area contributed by atoms with Crippen LogP contribution in [0, 0.1) is 0 Å². The molecule has 0 bridgehead atoms. The number of hydrogen-bond donors (Lipinski definition) is 1. The lowest BCUT2D eigenvalue weighted by Gasteiger charge is -2.09. The maximum atomic E-state index is 5.73. The van der Waals surface area contributed by atoms with Gasteiger partial charge in [-0.25, -0.2) is 0 Å². The van der Waals surface area contributed by atoms with Crippen molar-refractivity contribution in [2.75, 3.05) is 19.7 Å². The second kappa shape index (κ2) is 6.41. The summed E-state index contributed by atoms with van der Waals surface area (Å²) in [4.78, 5) is 0. The molecule has 2 nitrogen and oxygen atoms in total. The molecular weight excluding hydrogens is 278 g/mol. The first-order valence-corrected chi connectivity index (χ1v) is 7.25. The molecule has 3 heteroatoms. The van der Waals surface area contributed by atoms with Gasteiger partial charge in [0, 0.05) is 10.9 Å². The highest BCUT2D eigenvalue weighted by Crippen LogP contribution is 2.33. The summed E-state index contributed by atoms with van der Waals surface area (Å²) < 4.78 is 6.91. The minimum absolute atomic E-state index is 0.843. The third-order valence-corrected chi connectivity index (χ3v) is 3.58. The van der Waals surface area contributed by atoms with Gasteiger partial charge in [0.05, 0.1) is 6.61 Å². The molecule has 0 fully saturated rings. The monoisotopic (exact) mass is 297 g/mol. The van der Waals surface area contributed by atoms with Crippen LogP contribution in [0.25, 0.3) is 0 Å². The number of aryl methyl sites for hydroxylation is 1. The summed E-state index contributed by atoms with van der Waals surface area (Å²) >= 11 is 3.58. The van der Waals surface area contributed by atoms with Crippen molar-refractivity contribution >= 4 is 15.9 Å². The predicted octanol–water partition coefficient (Wildman–Crippen LogP) is 3.32. The number of rotatable bonds is 6. The second-order valence-electron chi connectivity index (χ2n) is 4.46. The van der Waals surface area contributed by atoms with E-state index in [-0.39, 0.29) is 0 Å². The first-order valence-electron chi connectivity index (χ1n) is 6.46. The first-order chi connectivity index (χ1) is 8.31. The van der Waals surface area contributed by atoms with Crippen molar-refractivity contribution in [3.63, 3.8) is 0 Å². The van der Waals surface area contributed by atoms with Crippen LogP contribution in [0.2, 0.25) is 0 Å². The zero-order valence-corrected chi connectivity index (χ0v) is 12.0. The number of unbranched alkanes of at least 4 members (excludes halogenated alkanes) is 1. The Bertz CT molecular complexity index is 379. The highest BCUT2D eigenvalue weighted by molar-refractivity contribution is 9.10. The molecule has 17 heavy (non-hydrogen) atoms. The van der Waals surface area contributed by atoms with Crippen LogP contribution in [0.15, 0.2) is 16.6 Å². The normalized spacial score (nSPS) is 13.5. The van der Waals surface area contributed by atoms with Gasteiger partial charge in [0.2, 0.25) is 0 Å². The van der Waals surface area contributed by atoms with Crippen LogP contribution in [0.4, 0.5) is 0 Å². The van der Waals surface area contributed by atoms with Crippen LogP contribution in [0.5, 0.6) is 5.75 Å². The number of halogens is 1. The minimum atomic E-state index is 0.843. The lowest BCUT2D eigenvalue weighted by Crippen LogP contribution is -2.13. The van der Waals surface area contributed by atoms with E-state index in [1.807, 2.05) is 0 Å². The van der Waals surface area contributed by atoms with Gasteiger partial charge in [-0.2, -0.15) is 0 Å². The van der Waals surface area contributed by atoms with Gasteiger partial charge in [0.15, 0.2) is 0 Å². The van der Waals surface area contributed by atoms with Crippen molar-refractivity contribution < 1.29 is 4.74 Å². The van der Waals surface area contributed by atoms with Crippen LogP contribution >= 0.6 is 15.9 Å². The highest BCUT2D eigenvalue weighted by atomic mass is 79.9. The Hall–Kier alpha value is -0.540. The van der Waals surface area contributed by atoms with Gasteiger partial charge in [-0.15, -0.1) is 0 Å². The molecule has 0 saturated heterocycles. The molecule has 1 aromatic carbocycles.